The third-order valence-corrected chi connectivity index (χ3v) is 4.25. The van der Waals surface area contributed by atoms with Crippen molar-refractivity contribution < 1.29 is 5.11 Å². The van der Waals surface area contributed by atoms with Crippen LogP contribution in [0.2, 0.25) is 0 Å². The van der Waals surface area contributed by atoms with Gasteiger partial charge < -0.3 is 5.11 Å². The first-order valence-corrected chi connectivity index (χ1v) is 7.02. The van der Waals surface area contributed by atoms with E-state index in [1.165, 1.54) is 43.4 Å². The Kier molecular flexibility index (Phi) is 4.36. The smallest absolute Gasteiger partial charge is 0.175 e. The molecule has 2 rings (SSSR count). The Morgan fingerprint density at radius 1 is 1.41 bits per heavy atom. The van der Waals surface area contributed by atoms with Gasteiger partial charge in [-0.2, -0.15) is 5.26 Å². The van der Waals surface area contributed by atoms with Crippen molar-refractivity contribution in [3.63, 3.8) is 0 Å². The van der Waals surface area contributed by atoms with Crippen LogP contribution in [0.25, 0.3) is 6.08 Å². The van der Waals surface area contributed by atoms with Gasteiger partial charge in [-0.05, 0) is 35.8 Å². The van der Waals surface area contributed by atoms with Crippen molar-refractivity contribution in [2.45, 2.75) is 38.2 Å². The van der Waals surface area contributed by atoms with Crippen LogP contribution in [0.4, 0.5) is 0 Å². The summed E-state index contributed by atoms with van der Waals surface area (Å²) in [5.41, 5.74) is 1.10. The quantitative estimate of drug-likeness (QED) is 0.823. The SMILES string of the molecule is N#CC(O)c1cc(C=CC2CCCCC2)cs1. The molecule has 2 nitrogen and oxygen atoms in total. The van der Waals surface area contributed by atoms with Gasteiger partial charge in [-0.25, -0.2) is 0 Å². The van der Waals surface area contributed by atoms with Crippen molar-refractivity contribution in [1.82, 2.24) is 0 Å². The molecule has 1 saturated carbocycles. The second kappa shape index (κ2) is 6.00. The van der Waals surface area contributed by atoms with Crippen LogP contribution in [0, 0.1) is 17.2 Å². The average Bonchev–Trinajstić information content (AvgIpc) is 2.85. The van der Waals surface area contributed by atoms with Gasteiger partial charge >= 0.3 is 0 Å². The Hall–Kier alpha value is -1.11. The van der Waals surface area contributed by atoms with Gasteiger partial charge in [0, 0.05) is 4.88 Å². The number of aliphatic hydroxyl groups excluding tert-OH is 1. The lowest BCUT2D eigenvalue weighted by Gasteiger charge is -2.17. The molecule has 1 aliphatic carbocycles. The zero-order valence-electron chi connectivity index (χ0n) is 9.80. The van der Waals surface area contributed by atoms with Crippen LogP contribution >= 0.6 is 11.3 Å². The minimum Gasteiger partial charge on any atom is -0.373 e. The first-order valence-electron chi connectivity index (χ1n) is 6.14. The molecule has 0 spiro atoms. The Morgan fingerprint density at radius 2 is 2.18 bits per heavy atom. The molecule has 0 saturated heterocycles. The van der Waals surface area contributed by atoms with E-state index in [0.717, 1.165) is 10.4 Å². The zero-order valence-corrected chi connectivity index (χ0v) is 10.6. The van der Waals surface area contributed by atoms with Crippen LogP contribution in [0.5, 0.6) is 0 Å². The van der Waals surface area contributed by atoms with Gasteiger partial charge in [0.2, 0.25) is 0 Å². The highest BCUT2D eigenvalue weighted by molar-refractivity contribution is 7.10. The van der Waals surface area contributed by atoms with E-state index in [1.54, 1.807) is 0 Å². The molecule has 0 amide bonds. The normalized spacial score (nSPS) is 19.3. The lowest BCUT2D eigenvalue weighted by molar-refractivity contribution is 0.240. The van der Waals surface area contributed by atoms with Gasteiger partial charge in [0.05, 0.1) is 6.07 Å². The maximum absolute atomic E-state index is 9.38. The molecule has 0 aliphatic heterocycles. The largest absolute Gasteiger partial charge is 0.373 e. The molecule has 17 heavy (non-hydrogen) atoms. The zero-order chi connectivity index (χ0) is 12.1. The number of thiophene rings is 1. The summed E-state index contributed by atoms with van der Waals surface area (Å²) < 4.78 is 0. The van der Waals surface area contributed by atoms with Crippen molar-refractivity contribution in [2.24, 2.45) is 5.92 Å². The lowest BCUT2D eigenvalue weighted by atomic mass is 9.89. The predicted octanol–water partition coefficient (Wildman–Crippen LogP) is 3.90. The van der Waals surface area contributed by atoms with Crippen molar-refractivity contribution in [3.8, 4) is 6.07 Å². The highest BCUT2D eigenvalue weighted by Crippen LogP contribution is 2.27. The van der Waals surface area contributed by atoms with E-state index in [9.17, 15) is 5.11 Å². The number of nitrogens with zero attached hydrogens (tertiary/aromatic N) is 1. The molecule has 0 bridgehead atoms. The number of hydrogen-bond acceptors (Lipinski definition) is 3. The van der Waals surface area contributed by atoms with Gasteiger partial charge in [0.15, 0.2) is 6.10 Å². The van der Waals surface area contributed by atoms with Crippen LogP contribution in [-0.4, -0.2) is 5.11 Å². The van der Waals surface area contributed by atoms with E-state index in [4.69, 9.17) is 5.26 Å². The summed E-state index contributed by atoms with van der Waals surface area (Å²) in [5.74, 6) is 0.716. The fraction of sp³-hybridized carbons (Fsp3) is 0.500. The Morgan fingerprint density at radius 3 is 2.88 bits per heavy atom. The Labute approximate surface area is 106 Å². The molecule has 3 heteroatoms. The molecule has 1 aromatic heterocycles. The van der Waals surface area contributed by atoms with Crippen molar-refractivity contribution >= 4 is 17.4 Å². The molecule has 1 N–H and O–H groups in total. The summed E-state index contributed by atoms with van der Waals surface area (Å²) in [6.45, 7) is 0. The summed E-state index contributed by atoms with van der Waals surface area (Å²) >= 11 is 1.45. The molecule has 0 aromatic carbocycles. The third-order valence-electron chi connectivity index (χ3n) is 3.24. The highest BCUT2D eigenvalue weighted by atomic mass is 32.1. The second-order valence-electron chi connectivity index (χ2n) is 4.57. The standard InChI is InChI=1S/C14H17NOS/c15-9-13(16)14-8-12(10-17-14)7-6-11-4-2-1-3-5-11/h6-8,10-11,13,16H,1-5H2. The van der Waals surface area contributed by atoms with Gasteiger partial charge in [-0.15, -0.1) is 11.3 Å². The number of hydrogen-bond donors (Lipinski definition) is 1. The van der Waals surface area contributed by atoms with Crippen molar-refractivity contribution in [3.05, 3.63) is 28.0 Å². The predicted molar refractivity (Wildman–Crippen MR) is 70.5 cm³/mol. The fourth-order valence-electron chi connectivity index (χ4n) is 2.24. The number of rotatable bonds is 3. The van der Waals surface area contributed by atoms with Gasteiger partial charge in [0.1, 0.15) is 0 Å². The molecule has 90 valence electrons. The van der Waals surface area contributed by atoms with Crippen molar-refractivity contribution in [1.29, 1.82) is 5.26 Å². The fourth-order valence-corrected chi connectivity index (χ4v) is 3.04. The first kappa shape index (κ1) is 12.3. The first-order chi connectivity index (χ1) is 8.29. The third kappa shape index (κ3) is 3.42. The topological polar surface area (TPSA) is 44.0 Å². The molecule has 1 unspecified atom stereocenters. The molecule has 1 aromatic rings. The van der Waals surface area contributed by atoms with Crippen LogP contribution in [0.15, 0.2) is 17.5 Å². The molecule has 1 fully saturated rings. The van der Waals surface area contributed by atoms with E-state index in [0.29, 0.717) is 5.92 Å². The van der Waals surface area contributed by atoms with Crippen LogP contribution in [-0.2, 0) is 0 Å². The Bertz CT molecular complexity index is 424. The maximum Gasteiger partial charge on any atom is 0.175 e. The van der Waals surface area contributed by atoms with Crippen LogP contribution in [0.1, 0.15) is 48.6 Å². The number of nitriles is 1. The van der Waals surface area contributed by atoms with E-state index in [-0.39, 0.29) is 0 Å². The monoisotopic (exact) mass is 247 g/mol. The van der Waals surface area contributed by atoms with Gasteiger partial charge in [0.25, 0.3) is 0 Å². The number of allylic oxidation sites excluding steroid dienone is 1. The minimum atomic E-state index is -0.975. The van der Waals surface area contributed by atoms with E-state index < -0.39 is 6.10 Å². The lowest BCUT2D eigenvalue weighted by Crippen LogP contribution is -2.02. The van der Waals surface area contributed by atoms with E-state index >= 15 is 0 Å². The maximum atomic E-state index is 9.38. The molecular formula is C14H17NOS. The summed E-state index contributed by atoms with van der Waals surface area (Å²) in [7, 11) is 0. The summed E-state index contributed by atoms with van der Waals surface area (Å²) in [6.07, 6.45) is 10.1. The van der Waals surface area contributed by atoms with Crippen LogP contribution < -0.4 is 0 Å². The van der Waals surface area contributed by atoms with E-state index in [1.807, 2.05) is 17.5 Å². The summed E-state index contributed by atoms with van der Waals surface area (Å²) in [5, 5.41) is 20.0. The molecule has 1 heterocycles. The van der Waals surface area contributed by atoms with Crippen LogP contribution in [0.3, 0.4) is 0 Å². The number of aliphatic hydroxyl groups is 1. The molecule has 1 aliphatic rings. The Balaban J connectivity index is 1.96. The minimum absolute atomic E-state index is 0.716. The highest BCUT2D eigenvalue weighted by Gasteiger charge is 2.11. The van der Waals surface area contributed by atoms with Gasteiger partial charge in [-0.3, -0.25) is 0 Å². The van der Waals surface area contributed by atoms with E-state index in [2.05, 4.69) is 12.2 Å². The second-order valence-corrected chi connectivity index (χ2v) is 5.51. The molecule has 1 atom stereocenters. The average molecular weight is 247 g/mol. The van der Waals surface area contributed by atoms with Crippen molar-refractivity contribution in [2.75, 3.05) is 0 Å². The van der Waals surface area contributed by atoms with Gasteiger partial charge in [-0.1, -0.05) is 31.4 Å². The summed E-state index contributed by atoms with van der Waals surface area (Å²) in [6, 6.07) is 3.74. The molecule has 0 radical (unpaired) electrons. The molecular weight excluding hydrogens is 230 g/mol. The summed E-state index contributed by atoms with van der Waals surface area (Å²) in [4.78, 5) is 0.732.